The van der Waals surface area contributed by atoms with E-state index in [1.165, 1.54) is 6.08 Å². The third-order valence-corrected chi connectivity index (χ3v) is 7.45. The zero-order chi connectivity index (χ0) is 24.3. The second-order valence-electron chi connectivity index (χ2n) is 8.14. The molecule has 1 amide bonds. The summed E-state index contributed by atoms with van der Waals surface area (Å²) in [6.45, 7) is 1.94. The number of sulfone groups is 1. The first kappa shape index (κ1) is 23.3. The number of aromatic nitrogens is 2. The largest absolute Gasteiger partial charge is 0.497 e. The van der Waals surface area contributed by atoms with E-state index < -0.39 is 21.8 Å². The summed E-state index contributed by atoms with van der Waals surface area (Å²) in [7, 11) is -1.56. The first-order chi connectivity index (χ1) is 16.3. The molecule has 9 heteroatoms. The van der Waals surface area contributed by atoms with E-state index in [-0.39, 0.29) is 17.1 Å². The molecule has 0 bridgehead atoms. The highest BCUT2D eigenvalue weighted by atomic mass is 32.2. The fourth-order valence-corrected chi connectivity index (χ4v) is 5.59. The van der Waals surface area contributed by atoms with Gasteiger partial charge < -0.3 is 10.1 Å². The van der Waals surface area contributed by atoms with Crippen molar-refractivity contribution >= 4 is 21.8 Å². The van der Waals surface area contributed by atoms with Crippen LogP contribution in [0.4, 0.5) is 0 Å². The summed E-state index contributed by atoms with van der Waals surface area (Å²) >= 11 is 0. The number of nitrogens with one attached hydrogen (secondary N) is 1. The van der Waals surface area contributed by atoms with Crippen molar-refractivity contribution in [3.05, 3.63) is 71.4 Å². The number of benzene rings is 2. The molecule has 0 aliphatic carbocycles. The lowest BCUT2D eigenvalue weighted by Gasteiger charge is -2.10. The Balaban J connectivity index is 1.74. The van der Waals surface area contributed by atoms with Gasteiger partial charge in [0, 0.05) is 23.4 Å². The van der Waals surface area contributed by atoms with Crippen LogP contribution in [0.25, 0.3) is 23.0 Å². The average Bonchev–Trinajstić information content (AvgIpc) is 3.40. The molecule has 0 radical (unpaired) electrons. The summed E-state index contributed by atoms with van der Waals surface area (Å²) in [6, 6.07) is 16.6. The monoisotopic (exact) mass is 476 g/mol. The number of carbonyl (C=O) groups excluding carboxylic acids is 1. The fourth-order valence-electron chi connectivity index (χ4n) is 3.92. The molecule has 34 heavy (non-hydrogen) atoms. The molecule has 1 aliphatic rings. The molecule has 0 spiro atoms. The lowest BCUT2D eigenvalue weighted by Crippen LogP contribution is -2.36. The number of hydrogen-bond donors (Lipinski definition) is 1. The first-order valence-corrected chi connectivity index (χ1v) is 12.5. The smallest absolute Gasteiger partial charge is 0.262 e. The molecule has 0 saturated carbocycles. The van der Waals surface area contributed by atoms with Crippen molar-refractivity contribution in [1.29, 1.82) is 5.26 Å². The quantitative estimate of drug-likeness (QED) is 0.432. The summed E-state index contributed by atoms with van der Waals surface area (Å²) in [5, 5.41) is 17.1. The predicted molar refractivity (Wildman–Crippen MR) is 129 cm³/mol. The Morgan fingerprint density at radius 1 is 1.26 bits per heavy atom. The fraction of sp³-hybridized carbons (Fsp3) is 0.240. The molecular weight excluding hydrogens is 452 g/mol. The first-order valence-electron chi connectivity index (χ1n) is 10.7. The number of para-hydroxylation sites is 1. The van der Waals surface area contributed by atoms with Crippen LogP contribution in [-0.4, -0.2) is 48.8 Å². The minimum Gasteiger partial charge on any atom is -0.497 e. The number of nitrogens with zero attached hydrogens (tertiary/aromatic N) is 3. The van der Waals surface area contributed by atoms with Crippen LogP contribution < -0.4 is 10.1 Å². The van der Waals surface area contributed by atoms with E-state index in [0.29, 0.717) is 23.4 Å². The van der Waals surface area contributed by atoms with Crippen molar-refractivity contribution in [2.45, 2.75) is 19.4 Å². The van der Waals surface area contributed by atoms with E-state index in [4.69, 9.17) is 9.84 Å². The molecule has 3 aromatic rings. The molecule has 1 atom stereocenters. The van der Waals surface area contributed by atoms with Gasteiger partial charge >= 0.3 is 0 Å². The molecule has 1 aliphatic heterocycles. The molecule has 2 aromatic carbocycles. The maximum atomic E-state index is 12.8. The Bertz CT molecular complexity index is 1400. The van der Waals surface area contributed by atoms with Gasteiger partial charge in [0.25, 0.3) is 5.91 Å². The summed E-state index contributed by atoms with van der Waals surface area (Å²) < 4.78 is 30.4. The van der Waals surface area contributed by atoms with E-state index in [9.17, 15) is 18.5 Å². The standard InChI is InChI=1S/C25H24N4O4S/c1-17-12-22(33-2)8-9-23(17)24-19(15-29(28-24)21-6-4-3-5-7-21)13-18(14-26)25(30)27-20-10-11-34(31,32)16-20/h3-9,12-13,15,20H,10-11,16H2,1-2H3,(H,27,30)/b18-13-. The maximum Gasteiger partial charge on any atom is 0.262 e. The van der Waals surface area contributed by atoms with E-state index in [1.807, 2.05) is 61.5 Å². The second-order valence-corrected chi connectivity index (χ2v) is 10.4. The molecular formula is C25H24N4O4S. The molecule has 2 heterocycles. The van der Waals surface area contributed by atoms with Gasteiger partial charge in [-0.3, -0.25) is 4.79 Å². The summed E-state index contributed by atoms with van der Waals surface area (Å²) in [6.07, 6.45) is 3.60. The van der Waals surface area contributed by atoms with Gasteiger partial charge in [0.1, 0.15) is 23.1 Å². The third kappa shape index (κ3) is 5.02. The normalized spacial score (nSPS) is 17.2. The number of rotatable bonds is 6. The van der Waals surface area contributed by atoms with Crippen molar-refractivity contribution < 1.29 is 17.9 Å². The van der Waals surface area contributed by atoms with Crippen LogP contribution in [0, 0.1) is 18.3 Å². The molecule has 1 fully saturated rings. The highest BCUT2D eigenvalue weighted by molar-refractivity contribution is 7.91. The third-order valence-electron chi connectivity index (χ3n) is 5.68. The number of ether oxygens (including phenoxy) is 1. The van der Waals surface area contributed by atoms with Gasteiger partial charge in [-0.15, -0.1) is 0 Å². The number of carbonyl (C=O) groups is 1. The van der Waals surface area contributed by atoms with Gasteiger partial charge in [-0.05, 0) is 55.3 Å². The van der Waals surface area contributed by atoms with E-state index >= 15 is 0 Å². The zero-order valence-electron chi connectivity index (χ0n) is 18.9. The van der Waals surface area contributed by atoms with Gasteiger partial charge in [-0.25, -0.2) is 13.1 Å². The molecule has 1 aromatic heterocycles. The topological polar surface area (TPSA) is 114 Å². The van der Waals surface area contributed by atoms with Crippen LogP contribution in [0.2, 0.25) is 0 Å². The van der Waals surface area contributed by atoms with Crippen molar-refractivity contribution in [3.63, 3.8) is 0 Å². The van der Waals surface area contributed by atoms with E-state index in [1.54, 1.807) is 18.0 Å². The van der Waals surface area contributed by atoms with Crippen LogP contribution in [0.15, 0.2) is 60.3 Å². The SMILES string of the molecule is COc1ccc(-c2nn(-c3ccccc3)cc2/C=C(/C#N)C(=O)NC2CCS(=O)(=O)C2)c(C)c1. The van der Waals surface area contributed by atoms with Crippen LogP contribution in [0.5, 0.6) is 5.75 Å². The summed E-state index contributed by atoms with van der Waals surface area (Å²) in [5.74, 6) is 0.0347. The lowest BCUT2D eigenvalue weighted by atomic mass is 10.0. The highest BCUT2D eigenvalue weighted by Crippen LogP contribution is 2.30. The Morgan fingerprint density at radius 2 is 2.03 bits per heavy atom. The number of nitriles is 1. The van der Waals surface area contributed by atoms with E-state index in [2.05, 4.69) is 5.32 Å². The van der Waals surface area contributed by atoms with Crippen molar-refractivity contribution in [2.75, 3.05) is 18.6 Å². The number of methoxy groups -OCH3 is 1. The Hall–Kier alpha value is -3.90. The minimum atomic E-state index is -3.15. The average molecular weight is 477 g/mol. The van der Waals surface area contributed by atoms with Crippen molar-refractivity contribution in [3.8, 4) is 28.8 Å². The van der Waals surface area contributed by atoms with Crippen LogP contribution >= 0.6 is 0 Å². The molecule has 174 valence electrons. The number of hydrogen-bond acceptors (Lipinski definition) is 6. The number of amides is 1. The molecule has 1 N–H and O–H groups in total. The highest BCUT2D eigenvalue weighted by Gasteiger charge is 2.29. The predicted octanol–water partition coefficient (Wildman–Crippen LogP) is 3.07. The van der Waals surface area contributed by atoms with Crippen LogP contribution in [0.3, 0.4) is 0 Å². The molecule has 4 rings (SSSR count). The van der Waals surface area contributed by atoms with Gasteiger partial charge in [-0.1, -0.05) is 18.2 Å². The second kappa shape index (κ2) is 9.53. The molecule has 8 nitrogen and oxygen atoms in total. The maximum absolute atomic E-state index is 12.8. The van der Waals surface area contributed by atoms with Crippen LogP contribution in [0.1, 0.15) is 17.5 Å². The minimum absolute atomic E-state index is 0.0360. The number of aryl methyl sites for hydroxylation is 1. The Morgan fingerprint density at radius 3 is 2.65 bits per heavy atom. The summed E-state index contributed by atoms with van der Waals surface area (Å²) in [4.78, 5) is 12.8. The zero-order valence-corrected chi connectivity index (χ0v) is 19.7. The van der Waals surface area contributed by atoms with Gasteiger partial charge in [0.2, 0.25) is 0 Å². The molecule has 1 unspecified atom stereocenters. The van der Waals surface area contributed by atoms with Crippen molar-refractivity contribution in [2.24, 2.45) is 0 Å². The van der Waals surface area contributed by atoms with Crippen LogP contribution in [-0.2, 0) is 14.6 Å². The van der Waals surface area contributed by atoms with E-state index in [0.717, 1.165) is 16.8 Å². The Kier molecular flexibility index (Phi) is 6.52. The van der Waals surface area contributed by atoms with Gasteiger partial charge in [0.15, 0.2) is 9.84 Å². The Labute approximate surface area is 198 Å². The summed E-state index contributed by atoms with van der Waals surface area (Å²) in [5.41, 5.74) is 3.65. The van der Waals surface area contributed by atoms with Crippen molar-refractivity contribution in [1.82, 2.24) is 15.1 Å². The molecule has 1 saturated heterocycles. The van der Waals surface area contributed by atoms with Gasteiger partial charge in [0.05, 0.1) is 24.3 Å². The van der Waals surface area contributed by atoms with Gasteiger partial charge in [-0.2, -0.15) is 10.4 Å². The lowest BCUT2D eigenvalue weighted by molar-refractivity contribution is -0.117.